The molecule has 0 bridgehead atoms. The summed E-state index contributed by atoms with van der Waals surface area (Å²) < 4.78 is 10.9. The van der Waals surface area contributed by atoms with Gasteiger partial charge in [0.15, 0.2) is 5.76 Å². The Balaban J connectivity index is 1.29. The second-order valence-corrected chi connectivity index (χ2v) is 7.37. The van der Waals surface area contributed by atoms with E-state index in [4.69, 9.17) is 8.94 Å². The average Bonchev–Trinajstić information content (AvgIpc) is 3.41. The second-order valence-electron chi connectivity index (χ2n) is 7.37. The summed E-state index contributed by atoms with van der Waals surface area (Å²) in [5.74, 6) is 1.95. The van der Waals surface area contributed by atoms with E-state index in [0.717, 1.165) is 55.3 Å². The van der Waals surface area contributed by atoms with E-state index in [1.807, 2.05) is 55.6 Å². The van der Waals surface area contributed by atoms with Crippen molar-refractivity contribution in [2.24, 2.45) is 5.92 Å². The van der Waals surface area contributed by atoms with Crippen LogP contribution in [-0.4, -0.2) is 41.0 Å². The number of rotatable bonds is 6. The molecule has 1 aromatic carbocycles. The Bertz CT molecular complexity index is 881. The van der Waals surface area contributed by atoms with Crippen molar-refractivity contribution in [2.45, 2.75) is 25.9 Å². The van der Waals surface area contributed by atoms with Crippen LogP contribution in [0.4, 0.5) is 0 Å². The van der Waals surface area contributed by atoms with Crippen molar-refractivity contribution in [1.82, 2.24) is 15.0 Å². The predicted molar refractivity (Wildman–Crippen MR) is 105 cm³/mol. The summed E-state index contributed by atoms with van der Waals surface area (Å²) in [6.07, 6.45) is 3.45. The molecule has 0 saturated carbocycles. The van der Waals surface area contributed by atoms with Gasteiger partial charge in [0.1, 0.15) is 11.5 Å². The first-order valence-corrected chi connectivity index (χ1v) is 9.70. The zero-order valence-electron chi connectivity index (χ0n) is 16.1. The number of furan rings is 1. The lowest BCUT2D eigenvalue weighted by molar-refractivity contribution is -0.136. The van der Waals surface area contributed by atoms with Crippen molar-refractivity contribution in [3.05, 3.63) is 66.2 Å². The molecule has 0 radical (unpaired) electrons. The van der Waals surface area contributed by atoms with Crippen LogP contribution in [0.1, 0.15) is 24.3 Å². The van der Waals surface area contributed by atoms with Gasteiger partial charge in [-0.25, -0.2) is 0 Å². The van der Waals surface area contributed by atoms with Crippen LogP contribution in [0.2, 0.25) is 0 Å². The number of hydrogen-bond donors (Lipinski definition) is 0. The number of hydrogen-bond acceptors (Lipinski definition) is 5. The molecule has 0 spiro atoms. The van der Waals surface area contributed by atoms with E-state index in [0.29, 0.717) is 6.54 Å². The Kier molecular flexibility index (Phi) is 5.58. The number of piperidine rings is 1. The summed E-state index contributed by atoms with van der Waals surface area (Å²) in [4.78, 5) is 16.9. The first kappa shape index (κ1) is 18.5. The Morgan fingerprint density at radius 2 is 1.96 bits per heavy atom. The molecule has 3 aromatic rings. The zero-order chi connectivity index (χ0) is 19.3. The molecule has 1 saturated heterocycles. The van der Waals surface area contributed by atoms with Gasteiger partial charge in [0.25, 0.3) is 0 Å². The van der Waals surface area contributed by atoms with Gasteiger partial charge in [0.05, 0.1) is 19.4 Å². The molecule has 0 N–H and O–H groups in total. The second kappa shape index (κ2) is 8.44. The Morgan fingerprint density at radius 1 is 1.18 bits per heavy atom. The van der Waals surface area contributed by atoms with E-state index in [1.54, 1.807) is 11.2 Å². The summed E-state index contributed by atoms with van der Waals surface area (Å²) in [5, 5.41) is 4.13. The quantitative estimate of drug-likeness (QED) is 0.652. The molecule has 6 heteroatoms. The van der Waals surface area contributed by atoms with Crippen LogP contribution in [0, 0.1) is 5.92 Å². The fourth-order valence-electron chi connectivity index (χ4n) is 3.72. The minimum atomic E-state index is 0.0679. The summed E-state index contributed by atoms with van der Waals surface area (Å²) in [6.45, 7) is 3.09. The highest BCUT2D eigenvalue weighted by atomic mass is 16.5. The van der Waals surface area contributed by atoms with E-state index >= 15 is 0 Å². The lowest BCUT2D eigenvalue weighted by Crippen LogP contribution is -2.40. The molecular formula is C22H25N3O3. The van der Waals surface area contributed by atoms with Gasteiger partial charge in [-0.05, 0) is 38.1 Å². The molecule has 6 nitrogen and oxygen atoms in total. The van der Waals surface area contributed by atoms with Crippen molar-refractivity contribution >= 4 is 5.91 Å². The van der Waals surface area contributed by atoms with Crippen LogP contribution in [0.3, 0.4) is 0 Å². The zero-order valence-corrected chi connectivity index (χ0v) is 16.1. The number of carbonyl (C=O) groups is 1. The largest absolute Gasteiger partial charge is 0.468 e. The van der Waals surface area contributed by atoms with Gasteiger partial charge in [-0.15, -0.1) is 0 Å². The Hall–Kier alpha value is -2.86. The van der Waals surface area contributed by atoms with E-state index in [9.17, 15) is 4.79 Å². The molecule has 3 heterocycles. The van der Waals surface area contributed by atoms with Crippen molar-refractivity contribution in [3.8, 4) is 11.3 Å². The molecule has 1 aliphatic rings. The van der Waals surface area contributed by atoms with Crippen LogP contribution in [0.25, 0.3) is 11.3 Å². The lowest BCUT2D eigenvalue weighted by Gasteiger charge is -2.32. The highest BCUT2D eigenvalue weighted by Gasteiger charge is 2.28. The number of carbonyl (C=O) groups excluding carboxylic acids is 1. The molecular weight excluding hydrogens is 354 g/mol. The maximum Gasteiger partial charge on any atom is 0.225 e. The third-order valence-electron chi connectivity index (χ3n) is 5.29. The normalized spacial score (nSPS) is 15.6. The van der Waals surface area contributed by atoms with Gasteiger partial charge in [0.2, 0.25) is 5.91 Å². The van der Waals surface area contributed by atoms with Crippen LogP contribution < -0.4 is 0 Å². The van der Waals surface area contributed by atoms with E-state index in [1.165, 1.54) is 0 Å². The highest BCUT2D eigenvalue weighted by molar-refractivity contribution is 5.78. The average molecular weight is 379 g/mol. The van der Waals surface area contributed by atoms with E-state index in [-0.39, 0.29) is 11.8 Å². The maximum atomic E-state index is 12.8. The van der Waals surface area contributed by atoms with Crippen LogP contribution >= 0.6 is 0 Å². The number of aromatic nitrogens is 1. The van der Waals surface area contributed by atoms with Gasteiger partial charge in [-0.1, -0.05) is 35.5 Å². The molecule has 0 aliphatic carbocycles. The van der Waals surface area contributed by atoms with Gasteiger partial charge < -0.3 is 13.8 Å². The number of amides is 1. The fourth-order valence-corrected chi connectivity index (χ4v) is 3.72. The first-order valence-electron chi connectivity index (χ1n) is 9.70. The van der Waals surface area contributed by atoms with Crippen molar-refractivity contribution in [3.63, 3.8) is 0 Å². The molecule has 28 heavy (non-hydrogen) atoms. The van der Waals surface area contributed by atoms with E-state index < -0.39 is 0 Å². The van der Waals surface area contributed by atoms with Crippen LogP contribution in [-0.2, 0) is 17.9 Å². The van der Waals surface area contributed by atoms with Gasteiger partial charge in [-0.2, -0.15) is 0 Å². The van der Waals surface area contributed by atoms with Gasteiger partial charge >= 0.3 is 0 Å². The Morgan fingerprint density at radius 3 is 2.68 bits per heavy atom. The van der Waals surface area contributed by atoms with Crippen molar-refractivity contribution < 1.29 is 13.7 Å². The third kappa shape index (κ3) is 4.34. The molecule has 0 atom stereocenters. The summed E-state index contributed by atoms with van der Waals surface area (Å²) in [5.41, 5.74) is 1.75. The summed E-state index contributed by atoms with van der Waals surface area (Å²) in [6, 6.07) is 15.7. The molecule has 146 valence electrons. The number of benzene rings is 1. The number of nitrogens with zero attached hydrogens (tertiary/aromatic N) is 3. The molecule has 1 amide bonds. The molecule has 1 fully saturated rings. The highest BCUT2D eigenvalue weighted by Crippen LogP contribution is 2.23. The fraction of sp³-hybridized carbons (Fsp3) is 0.364. The number of likely N-dealkylation sites (tertiary alicyclic amines) is 1. The topological polar surface area (TPSA) is 62.7 Å². The van der Waals surface area contributed by atoms with Crippen molar-refractivity contribution in [1.29, 1.82) is 0 Å². The first-order chi connectivity index (χ1) is 13.7. The minimum absolute atomic E-state index is 0.0679. The molecule has 2 aromatic heterocycles. The molecule has 0 unspecified atom stereocenters. The maximum absolute atomic E-state index is 12.8. The van der Waals surface area contributed by atoms with Crippen molar-refractivity contribution in [2.75, 3.05) is 20.1 Å². The monoisotopic (exact) mass is 379 g/mol. The summed E-state index contributed by atoms with van der Waals surface area (Å²) in [7, 11) is 1.84. The van der Waals surface area contributed by atoms with E-state index in [2.05, 4.69) is 10.1 Å². The van der Waals surface area contributed by atoms with Gasteiger partial charge in [0, 0.05) is 24.6 Å². The van der Waals surface area contributed by atoms with Gasteiger partial charge in [-0.3, -0.25) is 9.69 Å². The smallest absolute Gasteiger partial charge is 0.225 e. The third-order valence-corrected chi connectivity index (χ3v) is 5.29. The predicted octanol–water partition coefficient (Wildman–Crippen LogP) is 3.81. The minimum Gasteiger partial charge on any atom is -0.468 e. The van der Waals surface area contributed by atoms with Crippen LogP contribution in [0.5, 0.6) is 0 Å². The Labute approximate surface area is 164 Å². The molecule has 4 rings (SSSR count). The SMILES string of the molecule is CN(Cc1cc(-c2ccccc2)on1)C(=O)C1CCN(Cc2ccco2)CC1. The van der Waals surface area contributed by atoms with Crippen LogP contribution in [0.15, 0.2) is 63.7 Å². The standard InChI is InChI=1S/C22H25N3O3/c1-24(15-19-14-21(28-23-19)17-6-3-2-4-7-17)22(26)18-9-11-25(12-10-18)16-20-8-5-13-27-20/h2-8,13-14,18H,9-12,15-16H2,1H3. The lowest BCUT2D eigenvalue weighted by atomic mass is 9.95. The molecule has 1 aliphatic heterocycles. The summed E-state index contributed by atoms with van der Waals surface area (Å²) >= 11 is 0.